The lowest BCUT2D eigenvalue weighted by molar-refractivity contribution is -0.115. The smallest absolute Gasteiger partial charge is 0.228 e. The number of rotatable bonds is 3. The minimum atomic E-state index is -0.501. The molecule has 1 amide bonds. The Morgan fingerprint density at radius 3 is 2.75 bits per heavy atom. The first kappa shape index (κ1) is 13.8. The normalized spacial score (nSPS) is 9.85. The van der Waals surface area contributed by atoms with Crippen molar-refractivity contribution in [2.24, 2.45) is 0 Å². The van der Waals surface area contributed by atoms with Gasteiger partial charge in [-0.25, -0.2) is 4.39 Å². The van der Waals surface area contributed by atoms with E-state index < -0.39 is 5.82 Å². The third kappa shape index (κ3) is 3.21. The first-order valence-electron chi connectivity index (χ1n) is 6.14. The summed E-state index contributed by atoms with van der Waals surface area (Å²) < 4.78 is 13.0. The molecule has 0 saturated heterocycles. The molecule has 0 unspecified atom stereocenters. The maximum absolute atomic E-state index is 13.0. The summed E-state index contributed by atoms with van der Waals surface area (Å²) in [5.41, 5.74) is 2.39. The number of carbonyl (C=O) groups excluding carboxylic acids is 1. The fourth-order valence-electron chi connectivity index (χ4n) is 1.89. The number of benzene rings is 2. The molecule has 0 fully saturated rings. The number of carbonyl (C=O) groups is 1. The number of hydrogen-bond acceptors (Lipinski definition) is 2. The van der Waals surface area contributed by atoms with E-state index in [1.54, 1.807) is 0 Å². The lowest BCUT2D eigenvalue weighted by Gasteiger charge is -2.08. The predicted octanol–water partition coefficient (Wildman–Crippen LogP) is 3.19. The third-order valence-electron chi connectivity index (χ3n) is 2.99. The van der Waals surface area contributed by atoms with E-state index in [1.165, 1.54) is 12.1 Å². The van der Waals surface area contributed by atoms with Crippen molar-refractivity contribution in [2.75, 3.05) is 5.32 Å². The molecule has 100 valence electrons. The van der Waals surface area contributed by atoms with Crippen molar-refractivity contribution in [1.29, 1.82) is 5.26 Å². The van der Waals surface area contributed by atoms with Crippen LogP contribution in [0.2, 0.25) is 0 Å². The van der Waals surface area contributed by atoms with E-state index in [0.29, 0.717) is 5.69 Å². The van der Waals surface area contributed by atoms with E-state index in [1.807, 2.05) is 37.3 Å². The number of nitriles is 1. The van der Waals surface area contributed by atoms with Crippen LogP contribution in [0, 0.1) is 24.1 Å². The minimum Gasteiger partial charge on any atom is -0.325 e. The maximum atomic E-state index is 13.0. The van der Waals surface area contributed by atoms with Crippen molar-refractivity contribution in [3.63, 3.8) is 0 Å². The van der Waals surface area contributed by atoms with Crippen molar-refractivity contribution in [3.8, 4) is 6.07 Å². The highest BCUT2D eigenvalue weighted by atomic mass is 19.1. The first-order valence-corrected chi connectivity index (χ1v) is 6.14. The van der Waals surface area contributed by atoms with Crippen LogP contribution in [0.1, 0.15) is 16.7 Å². The van der Waals surface area contributed by atoms with Crippen molar-refractivity contribution >= 4 is 11.6 Å². The van der Waals surface area contributed by atoms with Crippen LogP contribution >= 0.6 is 0 Å². The minimum absolute atomic E-state index is 0.114. The van der Waals surface area contributed by atoms with Gasteiger partial charge >= 0.3 is 0 Å². The van der Waals surface area contributed by atoms with Crippen LogP contribution in [0.25, 0.3) is 0 Å². The fourth-order valence-corrected chi connectivity index (χ4v) is 1.89. The molecule has 4 heteroatoms. The summed E-state index contributed by atoms with van der Waals surface area (Å²) in [6, 6.07) is 13.2. The molecule has 0 atom stereocenters. The van der Waals surface area contributed by atoms with Gasteiger partial charge in [0.25, 0.3) is 0 Å². The molecular formula is C16H13FN2O. The van der Waals surface area contributed by atoms with Gasteiger partial charge < -0.3 is 5.32 Å². The van der Waals surface area contributed by atoms with Crippen molar-refractivity contribution in [1.82, 2.24) is 0 Å². The SMILES string of the molecule is Cc1ccccc1CC(=O)Nc1ccc(F)cc1C#N. The van der Waals surface area contributed by atoms with Gasteiger partial charge in [-0.1, -0.05) is 24.3 Å². The molecule has 0 spiro atoms. The Morgan fingerprint density at radius 1 is 1.30 bits per heavy atom. The number of nitrogens with zero attached hydrogens (tertiary/aromatic N) is 1. The van der Waals surface area contributed by atoms with Crippen LogP contribution in [-0.4, -0.2) is 5.91 Å². The van der Waals surface area contributed by atoms with E-state index >= 15 is 0 Å². The van der Waals surface area contributed by atoms with Gasteiger partial charge in [-0.3, -0.25) is 4.79 Å². The van der Waals surface area contributed by atoms with E-state index in [9.17, 15) is 9.18 Å². The Balaban J connectivity index is 2.13. The Bertz CT molecular complexity index is 689. The summed E-state index contributed by atoms with van der Waals surface area (Å²) in [5, 5.41) is 11.6. The molecule has 0 aromatic heterocycles. The number of aryl methyl sites for hydroxylation is 1. The van der Waals surface area contributed by atoms with Gasteiger partial charge in [0.15, 0.2) is 0 Å². The summed E-state index contributed by atoms with van der Waals surface area (Å²) in [5.74, 6) is -0.735. The van der Waals surface area contributed by atoms with Crippen LogP contribution in [0.3, 0.4) is 0 Å². The summed E-state index contributed by atoms with van der Waals surface area (Å²) in [6.45, 7) is 1.93. The molecule has 2 aromatic carbocycles. The largest absolute Gasteiger partial charge is 0.325 e. The van der Waals surface area contributed by atoms with Gasteiger partial charge in [0.1, 0.15) is 11.9 Å². The standard InChI is InChI=1S/C16H13FN2O/c1-11-4-2-3-5-12(11)9-16(20)19-15-7-6-14(17)8-13(15)10-18/h2-8H,9H2,1H3,(H,19,20). The van der Waals surface area contributed by atoms with Crippen LogP contribution in [0.15, 0.2) is 42.5 Å². The second kappa shape index (κ2) is 5.98. The highest BCUT2D eigenvalue weighted by Crippen LogP contribution is 2.17. The predicted molar refractivity (Wildman–Crippen MR) is 74.6 cm³/mol. The molecule has 0 aliphatic carbocycles. The number of anilines is 1. The monoisotopic (exact) mass is 268 g/mol. The van der Waals surface area contributed by atoms with E-state index in [2.05, 4.69) is 5.32 Å². The highest BCUT2D eigenvalue weighted by molar-refractivity contribution is 5.93. The molecule has 3 nitrogen and oxygen atoms in total. The summed E-state index contributed by atoms with van der Waals surface area (Å²) in [6.07, 6.45) is 0.217. The zero-order valence-electron chi connectivity index (χ0n) is 11.0. The topological polar surface area (TPSA) is 52.9 Å². The van der Waals surface area contributed by atoms with Crippen molar-refractivity contribution in [3.05, 3.63) is 65.0 Å². The average Bonchev–Trinajstić information content (AvgIpc) is 2.43. The number of halogens is 1. The highest BCUT2D eigenvalue weighted by Gasteiger charge is 2.09. The molecule has 0 aliphatic rings. The molecule has 2 aromatic rings. The zero-order chi connectivity index (χ0) is 14.5. The van der Waals surface area contributed by atoms with Crippen LogP contribution < -0.4 is 5.32 Å². The number of hydrogen-bond donors (Lipinski definition) is 1. The summed E-state index contributed by atoms with van der Waals surface area (Å²) >= 11 is 0. The first-order chi connectivity index (χ1) is 9.60. The lowest BCUT2D eigenvalue weighted by Crippen LogP contribution is -2.15. The molecule has 2 rings (SSSR count). The lowest BCUT2D eigenvalue weighted by atomic mass is 10.1. The van der Waals surface area contributed by atoms with E-state index in [-0.39, 0.29) is 17.9 Å². The number of nitrogens with one attached hydrogen (secondary N) is 1. The third-order valence-corrected chi connectivity index (χ3v) is 2.99. The zero-order valence-corrected chi connectivity index (χ0v) is 11.0. The molecular weight excluding hydrogens is 255 g/mol. The molecule has 1 N–H and O–H groups in total. The van der Waals surface area contributed by atoms with E-state index in [0.717, 1.165) is 17.2 Å². The van der Waals surface area contributed by atoms with Gasteiger partial charge in [0.05, 0.1) is 17.7 Å². The summed E-state index contributed by atoms with van der Waals surface area (Å²) in [7, 11) is 0. The van der Waals surface area contributed by atoms with Crippen molar-refractivity contribution in [2.45, 2.75) is 13.3 Å². The Morgan fingerprint density at radius 2 is 2.05 bits per heavy atom. The quantitative estimate of drug-likeness (QED) is 0.929. The van der Waals surface area contributed by atoms with Gasteiger partial charge in [0, 0.05) is 0 Å². The van der Waals surface area contributed by atoms with Gasteiger partial charge in [-0.2, -0.15) is 5.26 Å². The van der Waals surface area contributed by atoms with Gasteiger partial charge in [-0.15, -0.1) is 0 Å². The molecule has 0 aliphatic heterocycles. The second-order valence-electron chi connectivity index (χ2n) is 4.45. The summed E-state index contributed by atoms with van der Waals surface area (Å²) in [4.78, 5) is 12.0. The number of amides is 1. The molecule has 20 heavy (non-hydrogen) atoms. The van der Waals surface area contributed by atoms with Gasteiger partial charge in [-0.05, 0) is 36.2 Å². The van der Waals surface area contributed by atoms with E-state index in [4.69, 9.17) is 5.26 Å². The Labute approximate surface area is 116 Å². The fraction of sp³-hybridized carbons (Fsp3) is 0.125. The van der Waals surface area contributed by atoms with Crippen LogP contribution in [-0.2, 0) is 11.2 Å². The average molecular weight is 268 g/mol. The van der Waals surface area contributed by atoms with Crippen LogP contribution in [0.4, 0.5) is 10.1 Å². The maximum Gasteiger partial charge on any atom is 0.228 e. The Kier molecular flexibility index (Phi) is 4.11. The molecule has 0 bridgehead atoms. The van der Waals surface area contributed by atoms with Gasteiger partial charge in [0.2, 0.25) is 5.91 Å². The molecule has 0 radical (unpaired) electrons. The van der Waals surface area contributed by atoms with Crippen molar-refractivity contribution < 1.29 is 9.18 Å². The Hall–Kier alpha value is -2.67. The molecule has 0 saturated carbocycles. The van der Waals surface area contributed by atoms with Crippen LogP contribution in [0.5, 0.6) is 0 Å². The second-order valence-corrected chi connectivity index (χ2v) is 4.45. The molecule has 0 heterocycles.